The quantitative estimate of drug-likeness (QED) is 0.399. The monoisotopic (exact) mass is 451 g/mol. The molecule has 7 nitrogen and oxygen atoms in total. The first-order valence-electron chi connectivity index (χ1n) is 10.3. The van der Waals surface area contributed by atoms with Crippen LogP contribution in [-0.4, -0.2) is 40.6 Å². The van der Waals surface area contributed by atoms with E-state index in [0.29, 0.717) is 30.8 Å². The van der Waals surface area contributed by atoms with Gasteiger partial charge in [-0.05, 0) is 43.2 Å². The van der Waals surface area contributed by atoms with Crippen LogP contribution in [0.25, 0.3) is 0 Å². The fourth-order valence-corrected chi connectivity index (χ4v) is 3.99. The summed E-state index contributed by atoms with van der Waals surface area (Å²) < 4.78 is 6.76. The number of hydrogen-bond acceptors (Lipinski definition) is 5. The van der Waals surface area contributed by atoms with Crippen LogP contribution in [-0.2, 0) is 16.1 Å². The fraction of sp³-hybridized carbons (Fsp3) is 0.250. The molecule has 0 atom stereocenters. The summed E-state index contributed by atoms with van der Waals surface area (Å²) in [5.74, 6) is -0.958. The first kappa shape index (κ1) is 21.8. The lowest BCUT2D eigenvalue weighted by Gasteiger charge is -2.15. The number of aryl methyl sites for hydroxylation is 1. The summed E-state index contributed by atoms with van der Waals surface area (Å²) in [4.78, 5) is 38.6. The van der Waals surface area contributed by atoms with E-state index in [0.717, 1.165) is 17.7 Å². The molecule has 0 radical (unpaired) electrons. The number of hydrogen-bond donors (Lipinski definition) is 0. The summed E-state index contributed by atoms with van der Waals surface area (Å²) >= 11 is 6.38. The van der Waals surface area contributed by atoms with Gasteiger partial charge in [0.25, 0.3) is 0 Å². The molecular weight excluding hydrogens is 430 g/mol. The van der Waals surface area contributed by atoms with Gasteiger partial charge in [0, 0.05) is 24.2 Å². The minimum atomic E-state index is -0.695. The van der Waals surface area contributed by atoms with E-state index in [1.54, 1.807) is 36.1 Å². The summed E-state index contributed by atoms with van der Waals surface area (Å²) in [6.45, 7) is 2.35. The Labute approximate surface area is 190 Å². The Hall–Kier alpha value is -3.45. The number of aromatic nitrogens is 2. The molecule has 3 aromatic rings. The number of nitrogens with zero attached hydrogens (tertiary/aromatic N) is 3. The van der Waals surface area contributed by atoms with Gasteiger partial charge in [-0.2, -0.15) is 5.10 Å². The van der Waals surface area contributed by atoms with Crippen molar-refractivity contribution in [1.82, 2.24) is 9.78 Å². The lowest BCUT2D eigenvalue weighted by Crippen LogP contribution is -2.23. The highest BCUT2D eigenvalue weighted by Crippen LogP contribution is 2.23. The van der Waals surface area contributed by atoms with Crippen molar-refractivity contribution in [3.8, 4) is 0 Å². The zero-order valence-corrected chi connectivity index (χ0v) is 18.3. The SMILES string of the molecule is Cc1nn(Cc2ccccc2)c(Cl)c1C(=O)OCC(=O)c1ccc(N2CCCC2=O)cc1. The topological polar surface area (TPSA) is 81.5 Å². The molecule has 0 bridgehead atoms. The molecule has 0 unspecified atom stereocenters. The number of benzene rings is 2. The number of carbonyl (C=O) groups is 3. The van der Waals surface area contributed by atoms with Gasteiger partial charge in [0.15, 0.2) is 12.4 Å². The zero-order valence-electron chi connectivity index (χ0n) is 17.6. The van der Waals surface area contributed by atoms with Gasteiger partial charge in [-0.1, -0.05) is 41.9 Å². The molecule has 164 valence electrons. The molecule has 1 aromatic heterocycles. The van der Waals surface area contributed by atoms with E-state index in [1.807, 2.05) is 30.3 Å². The molecule has 0 saturated carbocycles. The van der Waals surface area contributed by atoms with Crippen molar-refractivity contribution < 1.29 is 19.1 Å². The highest BCUT2D eigenvalue weighted by atomic mass is 35.5. The average molecular weight is 452 g/mol. The summed E-state index contributed by atoms with van der Waals surface area (Å²) in [6.07, 6.45) is 1.37. The number of Topliss-reactive ketones (excluding diaryl/α,β-unsaturated/α-hetero) is 1. The number of ketones is 1. The lowest BCUT2D eigenvalue weighted by molar-refractivity contribution is -0.117. The number of rotatable bonds is 7. The molecule has 8 heteroatoms. The van der Waals surface area contributed by atoms with Gasteiger partial charge in [0.05, 0.1) is 12.2 Å². The van der Waals surface area contributed by atoms with Crippen LogP contribution < -0.4 is 4.90 Å². The Morgan fingerprint density at radius 2 is 1.81 bits per heavy atom. The smallest absolute Gasteiger partial charge is 0.343 e. The number of halogens is 1. The number of carbonyl (C=O) groups excluding carboxylic acids is 3. The third kappa shape index (κ3) is 4.57. The molecule has 1 fully saturated rings. The van der Waals surface area contributed by atoms with Gasteiger partial charge in [0.2, 0.25) is 5.91 Å². The number of ether oxygens (including phenoxy) is 1. The molecule has 2 heterocycles. The van der Waals surface area contributed by atoms with E-state index in [1.165, 1.54) is 4.68 Å². The molecular formula is C24H22ClN3O4. The van der Waals surface area contributed by atoms with Crippen LogP contribution >= 0.6 is 11.6 Å². The molecule has 2 aromatic carbocycles. The molecule has 0 spiro atoms. The molecule has 4 rings (SSSR count). The van der Waals surface area contributed by atoms with Crippen molar-refractivity contribution in [2.75, 3.05) is 18.1 Å². The molecule has 1 aliphatic rings. The Morgan fingerprint density at radius 1 is 1.09 bits per heavy atom. The second-order valence-electron chi connectivity index (χ2n) is 7.59. The summed E-state index contributed by atoms with van der Waals surface area (Å²) in [7, 11) is 0. The van der Waals surface area contributed by atoms with E-state index in [2.05, 4.69) is 5.10 Å². The van der Waals surface area contributed by atoms with Gasteiger partial charge in [-0.25, -0.2) is 9.48 Å². The van der Waals surface area contributed by atoms with Crippen molar-refractivity contribution >= 4 is 34.9 Å². The summed E-state index contributed by atoms with van der Waals surface area (Å²) in [5.41, 5.74) is 2.73. The maximum absolute atomic E-state index is 12.6. The van der Waals surface area contributed by atoms with Crippen LogP contribution in [0.2, 0.25) is 5.15 Å². The van der Waals surface area contributed by atoms with E-state index in [-0.39, 0.29) is 22.4 Å². The maximum Gasteiger partial charge on any atom is 0.343 e. The molecule has 1 amide bonds. The summed E-state index contributed by atoms with van der Waals surface area (Å²) in [6, 6.07) is 16.3. The first-order valence-corrected chi connectivity index (χ1v) is 10.7. The minimum absolute atomic E-state index is 0.0815. The van der Waals surface area contributed by atoms with Gasteiger partial charge in [-0.3, -0.25) is 9.59 Å². The normalized spacial score (nSPS) is 13.4. The summed E-state index contributed by atoms with van der Waals surface area (Å²) in [5, 5.41) is 4.50. The fourth-order valence-electron chi connectivity index (χ4n) is 3.68. The number of amides is 1. The van der Waals surface area contributed by atoms with Crippen LogP contribution in [0.15, 0.2) is 54.6 Å². The Morgan fingerprint density at radius 3 is 2.47 bits per heavy atom. The largest absolute Gasteiger partial charge is 0.454 e. The van der Waals surface area contributed by atoms with Gasteiger partial charge in [-0.15, -0.1) is 0 Å². The number of esters is 1. The predicted molar refractivity (Wildman–Crippen MR) is 120 cm³/mol. The van der Waals surface area contributed by atoms with Crippen molar-refractivity contribution in [1.29, 1.82) is 0 Å². The maximum atomic E-state index is 12.6. The van der Waals surface area contributed by atoms with Crippen molar-refractivity contribution in [3.63, 3.8) is 0 Å². The Kier molecular flexibility index (Phi) is 6.37. The van der Waals surface area contributed by atoms with E-state index in [4.69, 9.17) is 16.3 Å². The zero-order chi connectivity index (χ0) is 22.7. The first-order chi connectivity index (χ1) is 15.4. The third-order valence-corrected chi connectivity index (χ3v) is 5.74. The number of anilines is 1. The third-order valence-electron chi connectivity index (χ3n) is 5.35. The van der Waals surface area contributed by atoms with E-state index < -0.39 is 12.6 Å². The van der Waals surface area contributed by atoms with Crippen molar-refractivity contribution in [3.05, 3.63) is 82.1 Å². The second kappa shape index (κ2) is 9.36. The van der Waals surface area contributed by atoms with E-state index in [9.17, 15) is 14.4 Å². The predicted octanol–water partition coefficient (Wildman–Crippen LogP) is 4.06. The highest BCUT2D eigenvalue weighted by Gasteiger charge is 2.24. The molecule has 1 aliphatic heterocycles. The van der Waals surface area contributed by atoms with Crippen LogP contribution in [0.5, 0.6) is 0 Å². The lowest BCUT2D eigenvalue weighted by atomic mass is 10.1. The van der Waals surface area contributed by atoms with Gasteiger partial charge >= 0.3 is 5.97 Å². The van der Waals surface area contributed by atoms with Crippen LogP contribution in [0.4, 0.5) is 5.69 Å². The average Bonchev–Trinajstić information content (AvgIpc) is 3.35. The van der Waals surface area contributed by atoms with Crippen molar-refractivity contribution in [2.24, 2.45) is 0 Å². The molecule has 1 saturated heterocycles. The molecule has 32 heavy (non-hydrogen) atoms. The minimum Gasteiger partial charge on any atom is -0.454 e. The van der Waals surface area contributed by atoms with Gasteiger partial charge in [0.1, 0.15) is 10.7 Å². The Bertz CT molecular complexity index is 1160. The molecule has 0 aliphatic carbocycles. The van der Waals surface area contributed by atoms with Crippen LogP contribution in [0.1, 0.15) is 44.8 Å². The van der Waals surface area contributed by atoms with Gasteiger partial charge < -0.3 is 9.64 Å². The molecule has 0 N–H and O–H groups in total. The second-order valence-corrected chi connectivity index (χ2v) is 7.95. The Balaban J connectivity index is 1.39. The van der Waals surface area contributed by atoms with Crippen molar-refractivity contribution in [2.45, 2.75) is 26.3 Å². The van der Waals surface area contributed by atoms with Crippen LogP contribution in [0, 0.1) is 6.92 Å². The van der Waals surface area contributed by atoms with E-state index >= 15 is 0 Å². The highest BCUT2D eigenvalue weighted by molar-refractivity contribution is 6.32. The van der Waals surface area contributed by atoms with Crippen LogP contribution in [0.3, 0.4) is 0 Å². The standard InChI is InChI=1S/C24H22ClN3O4/c1-16-22(23(25)28(26-16)14-17-6-3-2-4-7-17)24(31)32-15-20(29)18-9-11-19(12-10-18)27-13-5-8-21(27)30/h2-4,6-7,9-12H,5,8,13-15H2,1H3.